The number of hydrogen-bond donors (Lipinski definition) is 2. The highest BCUT2D eigenvalue weighted by molar-refractivity contribution is 7.89. The first-order chi connectivity index (χ1) is 9.36. The third-order valence-corrected chi connectivity index (χ3v) is 4.27. The number of nitrogens with one attached hydrogen (secondary N) is 1. The van der Waals surface area contributed by atoms with Crippen LogP contribution < -0.4 is 4.72 Å². The van der Waals surface area contributed by atoms with E-state index in [1.807, 2.05) is 6.92 Å². The van der Waals surface area contributed by atoms with Crippen LogP contribution in [0.5, 0.6) is 0 Å². The molecule has 1 atom stereocenters. The van der Waals surface area contributed by atoms with Crippen LogP contribution in [0.15, 0.2) is 29.2 Å². The molecule has 112 valence electrons. The summed E-state index contributed by atoms with van der Waals surface area (Å²) in [5.74, 6) is 0.123. The number of benzene rings is 1. The second-order valence-electron chi connectivity index (χ2n) is 4.58. The molecule has 0 aliphatic heterocycles. The molecule has 0 fully saturated rings. The van der Waals surface area contributed by atoms with E-state index in [-0.39, 0.29) is 29.7 Å². The van der Waals surface area contributed by atoms with E-state index in [0.717, 1.165) is 6.07 Å². The summed E-state index contributed by atoms with van der Waals surface area (Å²) in [4.78, 5) is 9.85. The van der Waals surface area contributed by atoms with Crippen molar-refractivity contribution in [3.05, 3.63) is 34.4 Å². The van der Waals surface area contributed by atoms with Crippen LogP contribution in [0.2, 0.25) is 0 Å². The van der Waals surface area contributed by atoms with Crippen molar-refractivity contribution in [3.8, 4) is 0 Å². The van der Waals surface area contributed by atoms with Gasteiger partial charge in [-0.15, -0.1) is 0 Å². The summed E-state index contributed by atoms with van der Waals surface area (Å²) in [6.07, 6.45) is 1.30. The highest BCUT2D eigenvalue weighted by atomic mass is 32.2. The maximum atomic E-state index is 11.9. The molecule has 0 radical (unpaired) electrons. The van der Waals surface area contributed by atoms with Gasteiger partial charge in [-0.25, -0.2) is 13.1 Å². The second-order valence-corrected chi connectivity index (χ2v) is 6.35. The van der Waals surface area contributed by atoms with Gasteiger partial charge in [0.15, 0.2) is 0 Å². The molecule has 0 heterocycles. The molecule has 20 heavy (non-hydrogen) atoms. The highest BCUT2D eigenvalue weighted by Crippen LogP contribution is 2.17. The molecule has 0 aromatic heterocycles. The Bertz CT molecular complexity index is 559. The van der Waals surface area contributed by atoms with Crippen LogP contribution in [0.1, 0.15) is 19.8 Å². The van der Waals surface area contributed by atoms with Crippen molar-refractivity contribution >= 4 is 15.7 Å². The van der Waals surface area contributed by atoms with Crippen molar-refractivity contribution in [3.63, 3.8) is 0 Å². The molecule has 0 saturated carbocycles. The first-order valence-corrected chi connectivity index (χ1v) is 7.70. The molecule has 1 rings (SSSR count). The van der Waals surface area contributed by atoms with E-state index >= 15 is 0 Å². The van der Waals surface area contributed by atoms with E-state index in [2.05, 4.69) is 4.72 Å². The minimum Gasteiger partial charge on any atom is -0.396 e. The van der Waals surface area contributed by atoms with Gasteiger partial charge in [0.05, 0.1) is 9.82 Å². The molecule has 0 saturated heterocycles. The van der Waals surface area contributed by atoms with E-state index in [1.165, 1.54) is 18.2 Å². The van der Waals surface area contributed by atoms with E-state index < -0.39 is 14.9 Å². The number of nitro groups is 1. The van der Waals surface area contributed by atoms with Gasteiger partial charge in [-0.05, 0) is 24.8 Å². The molecule has 1 aromatic carbocycles. The van der Waals surface area contributed by atoms with Gasteiger partial charge in [0.25, 0.3) is 5.69 Å². The Morgan fingerprint density at radius 1 is 1.45 bits per heavy atom. The molecule has 0 spiro atoms. The van der Waals surface area contributed by atoms with Crippen molar-refractivity contribution in [2.75, 3.05) is 13.2 Å². The summed E-state index contributed by atoms with van der Waals surface area (Å²) in [6.45, 7) is 2.17. The highest BCUT2D eigenvalue weighted by Gasteiger charge is 2.17. The zero-order chi connectivity index (χ0) is 15.2. The summed E-state index contributed by atoms with van der Waals surface area (Å²) >= 11 is 0. The van der Waals surface area contributed by atoms with Crippen LogP contribution in [0, 0.1) is 16.0 Å². The number of aliphatic hydroxyl groups excluding tert-OH is 1. The molecule has 8 heteroatoms. The average molecular weight is 302 g/mol. The Hall–Kier alpha value is -1.51. The monoisotopic (exact) mass is 302 g/mol. The van der Waals surface area contributed by atoms with Crippen molar-refractivity contribution < 1.29 is 18.4 Å². The van der Waals surface area contributed by atoms with Gasteiger partial charge in [-0.1, -0.05) is 13.0 Å². The van der Waals surface area contributed by atoms with E-state index in [4.69, 9.17) is 5.11 Å². The Morgan fingerprint density at radius 2 is 2.15 bits per heavy atom. The van der Waals surface area contributed by atoms with E-state index in [1.54, 1.807) is 0 Å². The van der Waals surface area contributed by atoms with Gasteiger partial charge < -0.3 is 5.11 Å². The summed E-state index contributed by atoms with van der Waals surface area (Å²) in [6, 6.07) is 4.91. The Balaban J connectivity index is 2.65. The maximum Gasteiger partial charge on any atom is 0.270 e. The number of rotatable bonds is 8. The van der Waals surface area contributed by atoms with Crippen LogP contribution in [0.3, 0.4) is 0 Å². The van der Waals surface area contributed by atoms with Crippen molar-refractivity contribution in [1.29, 1.82) is 0 Å². The molecular formula is C12H18N2O5S. The van der Waals surface area contributed by atoms with Gasteiger partial charge in [0, 0.05) is 25.3 Å². The molecular weight excluding hydrogens is 284 g/mol. The lowest BCUT2D eigenvalue weighted by atomic mass is 10.1. The fourth-order valence-electron chi connectivity index (χ4n) is 1.60. The molecule has 0 amide bonds. The van der Waals surface area contributed by atoms with Crippen molar-refractivity contribution in [2.24, 2.45) is 5.92 Å². The molecule has 1 unspecified atom stereocenters. The molecule has 0 aliphatic rings. The molecule has 2 N–H and O–H groups in total. The van der Waals surface area contributed by atoms with Gasteiger partial charge in [-0.2, -0.15) is 0 Å². The fourth-order valence-corrected chi connectivity index (χ4v) is 2.71. The lowest BCUT2D eigenvalue weighted by molar-refractivity contribution is -0.385. The first-order valence-electron chi connectivity index (χ1n) is 6.22. The topological polar surface area (TPSA) is 110 Å². The van der Waals surface area contributed by atoms with Gasteiger partial charge >= 0.3 is 0 Å². The largest absolute Gasteiger partial charge is 0.396 e. The average Bonchev–Trinajstić information content (AvgIpc) is 2.43. The zero-order valence-corrected chi connectivity index (χ0v) is 12.0. The predicted octanol–water partition coefficient (Wildman–Crippen LogP) is 1.28. The molecule has 7 nitrogen and oxygen atoms in total. The number of aliphatic hydroxyl groups is 1. The summed E-state index contributed by atoms with van der Waals surface area (Å²) in [5.41, 5.74) is -0.262. The SMILES string of the molecule is CC(CO)CCCNS(=O)(=O)c1cccc([N+](=O)[O-])c1. The number of nitro benzene ring substituents is 1. The lowest BCUT2D eigenvalue weighted by Crippen LogP contribution is -2.25. The van der Waals surface area contributed by atoms with Gasteiger partial charge in [-0.3, -0.25) is 10.1 Å². The van der Waals surface area contributed by atoms with Crippen molar-refractivity contribution in [2.45, 2.75) is 24.7 Å². The number of sulfonamides is 1. The second kappa shape index (κ2) is 7.32. The first kappa shape index (κ1) is 16.5. The molecule has 0 aliphatic carbocycles. The zero-order valence-electron chi connectivity index (χ0n) is 11.2. The smallest absolute Gasteiger partial charge is 0.270 e. The minimum absolute atomic E-state index is 0.0671. The van der Waals surface area contributed by atoms with Crippen LogP contribution in [0.25, 0.3) is 0 Å². The third kappa shape index (κ3) is 4.87. The van der Waals surface area contributed by atoms with Crippen LogP contribution in [0.4, 0.5) is 5.69 Å². The summed E-state index contributed by atoms with van der Waals surface area (Å²) in [5, 5.41) is 19.5. The fraction of sp³-hybridized carbons (Fsp3) is 0.500. The van der Waals surface area contributed by atoms with Crippen molar-refractivity contribution in [1.82, 2.24) is 4.72 Å². The van der Waals surface area contributed by atoms with Gasteiger partial charge in [0.2, 0.25) is 10.0 Å². The summed E-state index contributed by atoms with van der Waals surface area (Å²) in [7, 11) is -3.74. The Morgan fingerprint density at radius 3 is 2.75 bits per heavy atom. The summed E-state index contributed by atoms with van der Waals surface area (Å²) < 4.78 is 26.3. The van der Waals surface area contributed by atoms with Crippen LogP contribution in [-0.4, -0.2) is 31.6 Å². The number of non-ortho nitro benzene ring substituents is 1. The standard InChI is InChI=1S/C12H18N2O5S/c1-10(9-15)4-3-7-13-20(18,19)12-6-2-5-11(8-12)14(16)17/h2,5-6,8,10,13,15H,3-4,7,9H2,1H3. The predicted molar refractivity (Wildman–Crippen MR) is 73.8 cm³/mol. The minimum atomic E-state index is -3.74. The number of nitrogens with zero attached hydrogens (tertiary/aromatic N) is 1. The Labute approximate surface area is 117 Å². The quantitative estimate of drug-likeness (QED) is 0.427. The number of hydrogen-bond acceptors (Lipinski definition) is 5. The van der Waals surface area contributed by atoms with Gasteiger partial charge in [0.1, 0.15) is 0 Å². The third-order valence-electron chi connectivity index (χ3n) is 2.82. The maximum absolute atomic E-state index is 11.9. The normalized spacial score (nSPS) is 13.1. The molecule has 1 aromatic rings. The van der Waals surface area contributed by atoms with E-state index in [9.17, 15) is 18.5 Å². The lowest BCUT2D eigenvalue weighted by Gasteiger charge is -2.09. The van der Waals surface area contributed by atoms with Crippen LogP contribution in [-0.2, 0) is 10.0 Å². The van der Waals surface area contributed by atoms with E-state index in [0.29, 0.717) is 12.8 Å². The molecule has 0 bridgehead atoms. The Kier molecular flexibility index (Phi) is 6.05. The van der Waals surface area contributed by atoms with Crippen LogP contribution >= 0.6 is 0 Å².